The van der Waals surface area contributed by atoms with E-state index in [-0.39, 0.29) is 12.4 Å². The Balaban J connectivity index is 1.40. The third-order valence-electron chi connectivity index (χ3n) is 4.62. The zero-order chi connectivity index (χ0) is 19.8. The van der Waals surface area contributed by atoms with Crippen molar-refractivity contribution in [3.8, 4) is 21.9 Å². The number of carboxylic acids is 1. The van der Waals surface area contributed by atoms with E-state index < -0.39 is 5.97 Å². The SMILES string of the molecule is O=C(O)c1ccc(-c2cc3ncnc(NCc4ccc5c(c4)OCO5)c3s2)cc1. The van der Waals surface area contributed by atoms with Crippen molar-refractivity contribution in [2.45, 2.75) is 6.54 Å². The number of nitrogens with zero attached hydrogens (tertiary/aromatic N) is 2. The minimum atomic E-state index is -0.936. The molecule has 2 aromatic carbocycles. The molecule has 29 heavy (non-hydrogen) atoms. The second-order valence-corrected chi connectivity index (χ2v) is 7.52. The normalized spacial score (nSPS) is 12.3. The van der Waals surface area contributed by atoms with E-state index in [2.05, 4.69) is 15.3 Å². The molecule has 0 spiro atoms. The van der Waals surface area contributed by atoms with Crippen molar-refractivity contribution < 1.29 is 19.4 Å². The Morgan fingerprint density at radius 2 is 1.90 bits per heavy atom. The molecule has 5 rings (SSSR count). The number of carbonyl (C=O) groups is 1. The molecule has 0 saturated heterocycles. The average molecular weight is 405 g/mol. The van der Waals surface area contributed by atoms with Crippen molar-refractivity contribution >= 4 is 33.3 Å². The summed E-state index contributed by atoms with van der Waals surface area (Å²) in [6, 6.07) is 14.7. The second kappa shape index (κ2) is 7.06. The third-order valence-corrected chi connectivity index (χ3v) is 5.80. The number of fused-ring (bicyclic) bond motifs is 2. The van der Waals surface area contributed by atoms with Crippen LogP contribution in [0.25, 0.3) is 20.7 Å². The first-order chi connectivity index (χ1) is 14.2. The molecule has 2 N–H and O–H groups in total. The highest BCUT2D eigenvalue weighted by molar-refractivity contribution is 7.22. The molecule has 0 fully saturated rings. The standard InChI is InChI=1S/C21H15N3O4S/c25-21(26)14-4-2-13(3-5-14)18-8-15-19(29-18)20(24-10-23-15)22-9-12-1-6-16-17(7-12)28-11-27-16/h1-8,10H,9,11H2,(H,25,26)(H,22,23,24). The molecular weight excluding hydrogens is 390 g/mol. The van der Waals surface area contributed by atoms with Crippen LogP contribution < -0.4 is 14.8 Å². The maximum atomic E-state index is 11.0. The Morgan fingerprint density at radius 1 is 1.07 bits per heavy atom. The van der Waals surface area contributed by atoms with Gasteiger partial charge in [-0.15, -0.1) is 11.3 Å². The molecule has 1 aliphatic heterocycles. The van der Waals surface area contributed by atoms with E-state index in [4.69, 9.17) is 14.6 Å². The summed E-state index contributed by atoms with van der Waals surface area (Å²) in [5.74, 6) is 1.33. The summed E-state index contributed by atoms with van der Waals surface area (Å²) in [5.41, 5.74) is 3.11. The van der Waals surface area contributed by atoms with Crippen LogP contribution in [0.4, 0.5) is 5.82 Å². The number of aromatic carboxylic acids is 1. The Labute approximate surface area is 169 Å². The quantitative estimate of drug-likeness (QED) is 0.508. The molecule has 0 amide bonds. The Bertz CT molecular complexity index is 1220. The van der Waals surface area contributed by atoms with Gasteiger partial charge in [0.05, 0.1) is 15.8 Å². The summed E-state index contributed by atoms with van der Waals surface area (Å²) in [4.78, 5) is 20.8. The van der Waals surface area contributed by atoms with Gasteiger partial charge in [-0.2, -0.15) is 0 Å². The lowest BCUT2D eigenvalue weighted by molar-refractivity contribution is 0.0697. The van der Waals surface area contributed by atoms with Crippen LogP contribution >= 0.6 is 11.3 Å². The zero-order valence-corrected chi connectivity index (χ0v) is 15.9. The fourth-order valence-corrected chi connectivity index (χ4v) is 4.22. The molecule has 8 heteroatoms. The summed E-state index contributed by atoms with van der Waals surface area (Å²) in [5, 5.41) is 12.4. The van der Waals surface area contributed by atoms with Crippen molar-refractivity contribution in [2.24, 2.45) is 0 Å². The molecule has 7 nitrogen and oxygen atoms in total. The molecule has 1 aliphatic rings. The molecule has 2 aromatic heterocycles. The van der Waals surface area contributed by atoms with E-state index in [0.717, 1.165) is 43.5 Å². The van der Waals surface area contributed by atoms with Crippen molar-refractivity contribution in [3.05, 3.63) is 66.0 Å². The third kappa shape index (κ3) is 3.34. The fourth-order valence-electron chi connectivity index (χ4n) is 3.14. The molecule has 0 atom stereocenters. The lowest BCUT2D eigenvalue weighted by Gasteiger charge is -2.07. The van der Waals surface area contributed by atoms with E-state index in [1.807, 2.05) is 24.3 Å². The predicted molar refractivity (Wildman–Crippen MR) is 110 cm³/mol. The van der Waals surface area contributed by atoms with Crippen LogP contribution in [0.15, 0.2) is 54.9 Å². The van der Waals surface area contributed by atoms with Gasteiger partial charge < -0.3 is 19.9 Å². The maximum absolute atomic E-state index is 11.0. The molecule has 0 bridgehead atoms. The number of nitrogens with one attached hydrogen (secondary N) is 1. The van der Waals surface area contributed by atoms with Gasteiger partial charge in [0.15, 0.2) is 11.5 Å². The average Bonchev–Trinajstić information content (AvgIpc) is 3.39. The largest absolute Gasteiger partial charge is 0.478 e. The highest BCUT2D eigenvalue weighted by atomic mass is 32.1. The molecular formula is C21H15N3O4S. The van der Waals surface area contributed by atoms with Crippen molar-refractivity contribution in [1.82, 2.24) is 9.97 Å². The lowest BCUT2D eigenvalue weighted by Crippen LogP contribution is -2.01. The van der Waals surface area contributed by atoms with Gasteiger partial charge in [0.2, 0.25) is 6.79 Å². The van der Waals surface area contributed by atoms with E-state index in [1.165, 1.54) is 6.33 Å². The molecule has 3 heterocycles. The number of thiophene rings is 1. The molecule has 144 valence electrons. The summed E-state index contributed by atoms with van der Waals surface area (Å²) in [6.07, 6.45) is 1.54. The van der Waals surface area contributed by atoms with Gasteiger partial charge in [0.1, 0.15) is 12.1 Å². The second-order valence-electron chi connectivity index (χ2n) is 6.47. The smallest absolute Gasteiger partial charge is 0.335 e. The van der Waals surface area contributed by atoms with Gasteiger partial charge in [-0.05, 0) is 41.5 Å². The minimum Gasteiger partial charge on any atom is -0.478 e. The number of carboxylic acid groups (broad SMARTS) is 1. The van der Waals surface area contributed by atoms with Crippen LogP contribution in [0.2, 0.25) is 0 Å². The van der Waals surface area contributed by atoms with Gasteiger partial charge in [0, 0.05) is 11.4 Å². The topological polar surface area (TPSA) is 93.6 Å². The van der Waals surface area contributed by atoms with Crippen LogP contribution in [-0.4, -0.2) is 27.8 Å². The zero-order valence-electron chi connectivity index (χ0n) is 15.1. The van der Waals surface area contributed by atoms with Crippen LogP contribution in [-0.2, 0) is 6.54 Å². The summed E-state index contributed by atoms with van der Waals surface area (Å²) >= 11 is 1.57. The lowest BCUT2D eigenvalue weighted by atomic mass is 10.1. The Kier molecular flexibility index (Phi) is 4.25. The number of ether oxygens (including phenoxy) is 2. The van der Waals surface area contributed by atoms with E-state index in [1.54, 1.807) is 35.6 Å². The first-order valence-corrected chi connectivity index (χ1v) is 9.70. The van der Waals surface area contributed by atoms with Gasteiger partial charge in [-0.1, -0.05) is 18.2 Å². The van der Waals surface area contributed by atoms with Crippen LogP contribution in [0.1, 0.15) is 15.9 Å². The van der Waals surface area contributed by atoms with Crippen LogP contribution in [0, 0.1) is 0 Å². The monoisotopic (exact) mass is 405 g/mol. The van der Waals surface area contributed by atoms with E-state index >= 15 is 0 Å². The molecule has 0 radical (unpaired) electrons. The maximum Gasteiger partial charge on any atom is 0.335 e. The van der Waals surface area contributed by atoms with Crippen LogP contribution in [0.3, 0.4) is 0 Å². The summed E-state index contributed by atoms with van der Waals surface area (Å²) in [6.45, 7) is 0.841. The number of hydrogen-bond acceptors (Lipinski definition) is 7. The molecule has 0 saturated carbocycles. The number of benzene rings is 2. The predicted octanol–water partition coefficient (Wildman–Crippen LogP) is 4.40. The van der Waals surface area contributed by atoms with Crippen LogP contribution in [0.5, 0.6) is 11.5 Å². The number of anilines is 1. The summed E-state index contributed by atoms with van der Waals surface area (Å²) < 4.78 is 11.7. The first-order valence-electron chi connectivity index (χ1n) is 8.88. The van der Waals surface area contributed by atoms with Crippen molar-refractivity contribution in [2.75, 3.05) is 12.1 Å². The van der Waals surface area contributed by atoms with Gasteiger partial charge >= 0.3 is 5.97 Å². The van der Waals surface area contributed by atoms with E-state index in [9.17, 15) is 4.79 Å². The summed E-state index contributed by atoms with van der Waals surface area (Å²) in [7, 11) is 0. The number of hydrogen-bond donors (Lipinski definition) is 2. The highest BCUT2D eigenvalue weighted by Crippen LogP contribution is 2.36. The van der Waals surface area contributed by atoms with Gasteiger partial charge in [-0.25, -0.2) is 14.8 Å². The molecule has 0 unspecified atom stereocenters. The highest BCUT2D eigenvalue weighted by Gasteiger charge is 2.14. The minimum absolute atomic E-state index is 0.254. The fraction of sp³-hybridized carbons (Fsp3) is 0.0952. The Morgan fingerprint density at radius 3 is 2.72 bits per heavy atom. The van der Waals surface area contributed by atoms with Gasteiger partial charge in [0.25, 0.3) is 0 Å². The van der Waals surface area contributed by atoms with Crippen molar-refractivity contribution in [1.29, 1.82) is 0 Å². The van der Waals surface area contributed by atoms with Gasteiger partial charge in [-0.3, -0.25) is 0 Å². The molecule has 4 aromatic rings. The first kappa shape index (κ1) is 17.4. The van der Waals surface area contributed by atoms with Crippen molar-refractivity contribution in [3.63, 3.8) is 0 Å². The molecule has 0 aliphatic carbocycles. The Hall–Kier alpha value is -3.65. The number of aromatic nitrogens is 2. The van der Waals surface area contributed by atoms with E-state index in [0.29, 0.717) is 6.54 Å². The number of rotatable bonds is 5.